The zero-order valence-electron chi connectivity index (χ0n) is 6.97. The predicted octanol–water partition coefficient (Wildman–Crippen LogP) is -0.890. The molecule has 0 spiro atoms. The Morgan fingerprint density at radius 1 is 1.54 bits per heavy atom. The van der Waals surface area contributed by atoms with Gasteiger partial charge in [0, 0.05) is 12.0 Å². The normalized spacial score (nSPS) is 20.5. The fraction of sp³-hybridized carbons (Fsp3) is 0.250. The SMILES string of the molecule is NC[C@H]1OB(O)c2c(O)cccc21. The lowest BCUT2D eigenvalue weighted by molar-refractivity contribution is 0.198. The van der Waals surface area contributed by atoms with Gasteiger partial charge < -0.3 is 20.5 Å². The maximum Gasteiger partial charge on any atom is 0.495 e. The monoisotopic (exact) mass is 179 g/mol. The summed E-state index contributed by atoms with van der Waals surface area (Å²) in [6.45, 7) is 0.299. The first-order chi connectivity index (χ1) is 6.24. The maximum atomic E-state index is 9.43. The van der Waals surface area contributed by atoms with Crippen LogP contribution in [0.15, 0.2) is 18.2 Å². The van der Waals surface area contributed by atoms with Gasteiger partial charge in [-0.25, -0.2) is 0 Å². The van der Waals surface area contributed by atoms with Crippen LogP contribution in [0.4, 0.5) is 0 Å². The summed E-state index contributed by atoms with van der Waals surface area (Å²) in [4.78, 5) is 0. The van der Waals surface area contributed by atoms with Crippen LogP contribution in [0, 0.1) is 0 Å². The average Bonchev–Trinajstić information content (AvgIpc) is 2.44. The molecule has 0 fully saturated rings. The van der Waals surface area contributed by atoms with Crippen molar-refractivity contribution in [2.75, 3.05) is 6.54 Å². The van der Waals surface area contributed by atoms with Gasteiger partial charge in [0.2, 0.25) is 0 Å². The van der Waals surface area contributed by atoms with E-state index < -0.39 is 7.12 Å². The topological polar surface area (TPSA) is 75.7 Å². The highest BCUT2D eigenvalue weighted by molar-refractivity contribution is 6.62. The second kappa shape index (κ2) is 3.03. The summed E-state index contributed by atoms with van der Waals surface area (Å²) < 4.78 is 5.13. The van der Waals surface area contributed by atoms with Crippen molar-refractivity contribution in [2.24, 2.45) is 5.73 Å². The Hall–Kier alpha value is -1.04. The minimum Gasteiger partial charge on any atom is -0.508 e. The van der Waals surface area contributed by atoms with Crippen LogP contribution in [0.2, 0.25) is 0 Å². The highest BCUT2D eigenvalue weighted by Gasteiger charge is 2.36. The van der Waals surface area contributed by atoms with Crippen LogP contribution in [-0.4, -0.2) is 23.8 Å². The third-order valence-corrected chi connectivity index (χ3v) is 2.22. The lowest BCUT2D eigenvalue weighted by Gasteiger charge is -2.07. The lowest BCUT2D eigenvalue weighted by atomic mass is 9.78. The molecule has 0 saturated heterocycles. The van der Waals surface area contributed by atoms with E-state index in [-0.39, 0.29) is 11.9 Å². The average molecular weight is 179 g/mol. The summed E-state index contributed by atoms with van der Waals surface area (Å²) in [6.07, 6.45) is -0.308. The Labute approximate surface area is 76.1 Å². The Balaban J connectivity index is 2.51. The molecule has 0 unspecified atom stereocenters. The highest BCUT2D eigenvalue weighted by Crippen LogP contribution is 2.25. The zero-order chi connectivity index (χ0) is 9.42. The third kappa shape index (κ3) is 1.21. The second-order valence-corrected chi connectivity index (χ2v) is 2.99. The van der Waals surface area contributed by atoms with Gasteiger partial charge in [0.05, 0.1) is 6.10 Å². The minimum absolute atomic E-state index is 0.0564. The Kier molecular flexibility index (Phi) is 1.99. The largest absolute Gasteiger partial charge is 0.508 e. The predicted molar refractivity (Wildman–Crippen MR) is 48.6 cm³/mol. The van der Waals surface area contributed by atoms with E-state index in [0.717, 1.165) is 5.56 Å². The third-order valence-electron chi connectivity index (χ3n) is 2.22. The quantitative estimate of drug-likeness (QED) is 0.488. The van der Waals surface area contributed by atoms with Crippen molar-refractivity contribution in [3.8, 4) is 5.75 Å². The number of hydrogen-bond donors (Lipinski definition) is 3. The molecule has 5 heteroatoms. The number of phenols is 1. The molecule has 1 aliphatic heterocycles. The first kappa shape index (κ1) is 8.56. The van der Waals surface area contributed by atoms with Gasteiger partial charge in [-0.15, -0.1) is 0 Å². The number of rotatable bonds is 1. The van der Waals surface area contributed by atoms with Gasteiger partial charge in [-0.05, 0) is 11.6 Å². The van der Waals surface area contributed by atoms with Crippen LogP contribution in [-0.2, 0) is 4.65 Å². The molecule has 13 heavy (non-hydrogen) atoms. The van der Waals surface area contributed by atoms with Gasteiger partial charge in [-0.3, -0.25) is 0 Å². The molecule has 0 bridgehead atoms. The van der Waals surface area contributed by atoms with Gasteiger partial charge >= 0.3 is 7.12 Å². The van der Waals surface area contributed by atoms with Gasteiger partial charge in [0.25, 0.3) is 0 Å². The van der Waals surface area contributed by atoms with E-state index in [9.17, 15) is 10.1 Å². The molecule has 0 saturated carbocycles. The number of aromatic hydroxyl groups is 1. The molecule has 1 aliphatic rings. The van der Waals surface area contributed by atoms with Crippen molar-refractivity contribution in [3.63, 3.8) is 0 Å². The number of nitrogens with two attached hydrogens (primary N) is 1. The molecule has 2 rings (SSSR count). The van der Waals surface area contributed by atoms with Gasteiger partial charge in [-0.2, -0.15) is 0 Å². The summed E-state index contributed by atoms with van der Waals surface area (Å²) in [7, 11) is -1.05. The van der Waals surface area contributed by atoms with E-state index in [0.29, 0.717) is 12.0 Å². The van der Waals surface area contributed by atoms with Crippen LogP contribution in [0.25, 0.3) is 0 Å². The Morgan fingerprint density at radius 3 is 3.00 bits per heavy atom. The molecular weight excluding hydrogens is 169 g/mol. The fourth-order valence-corrected chi connectivity index (χ4v) is 1.60. The van der Waals surface area contributed by atoms with Crippen molar-refractivity contribution >= 4 is 12.6 Å². The van der Waals surface area contributed by atoms with E-state index in [1.165, 1.54) is 6.07 Å². The second-order valence-electron chi connectivity index (χ2n) is 2.99. The van der Waals surface area contributed by atoms with E-state index in [1.807, 2.05) is 0 Å². The smallest absolute Gasteiger partial charge is 0.495 e. The molecule has 4 nitrogen and oxygen atoms in total. The summed E-state index contributed by atoms with van der Waals surface area (Å²) in [5.74, 6) is 0.0564. The van der Waals surface area contributed by atoms with Crippen LogP contribution in [0.1, 0.15) is 11.7 Å². The molecule has 1 aromatic rings. The summed E-state index contributed by atoms with van der Waals surface area (Å²) in [6, 6.07) is 5.02. The molecule has 0 radical (unpaired) electrons. The summed E-state index contributed by atoms with van der Waals surface area (Å²) in [5, 5.41) is 18.9. The molecule has 1 heterocycles. The van der Waals surface area contributed by atoms with Crippen LogP contribution in [0.3, 0.4) is 0 Å². The van der Waals surface area contributed by atoms with E-state index in [2.05, 4.69) is 0 Å². The minimum atomic E-state index is -1.05. The first-order valence-corrected chi connectivity index (χ1v) is 4.09. The standard InChI is InChI=1S/C8H10BNO3/c10-4-7-5-2-1-3-6(11)8(5)9(12)13-7/h1-3,7,11-12H,4,10H2/t7-/m1/s1. The van der Waals surface area contributed by atoms with Crippen molar-refractivity contribution in [2.45, 2.75) is 6.10 Å². The molecule has 0 aliphatic carbocycles. The van der Waals surface area contributed by atoms with Crippen molar-refractivity contribution in [1.82, 2.24) is 0 Å². The van der Waals surface area contributed by atoms with Crippen molar-refractivity contribution < 1.29 is 14.8 Å². The van der Waals surface area contributed by atoms with Crippen LogP contribution < -0.4 is 11.2 Å². The van der Waals surface area contributed by atoms with Gasteiger partial charge in [0.1, 0.15) is 5.75 Å². The van der Waals surface area contributed by atoms with Crippen molar-refractivity contribution in [3.05, 3.63) is 23.8 Å². The number of phenolic OH excluding ortho intramolecular Hbond substituents is 1. The van der Waals surface area contributed by atoms with E-state index in [4.69, 9.17) is 10.4 Å². The van der Waals surface area contributed by atoms with Crippen LogP contribution >= 0.6 is 0 Å². The maximum absolute atomic E-state index is 9.43. The van der Waals surface area contributed by atoms with Gasteiger partial charge in [0.15, 0.2) is 0 Å². The molecule has 0 amide bonds. The Bertz CT molecular complexity index is 331. The summed E-state index contributed by atoms with van der Waals surface area (Å²) >= 11 is 0. The lowest BCUT2D eigenvalue weighted by Crippen LogP contribution is -2.28. The fourth-order valence-electron chi connectivity index (χ4n) is 1.60. The molecule has 1 atom stereocenters. The van der Waals surface area contributed by atoms with Crippen molar-refractivity contribution in [1.29, 1.82) is 0 Å². The highest BCUT2D eigenvalue weighted by atomic mass is 16.5. The molecule has 4 N–H and O–H groups in total. The summed E-state index contributed by atoms with van der Waals surface area (Å²) in [5.41, 5.74) is 6.66. The Morgan fingerprint density at radius 2 is 2.31 bits per heavy atom. The van der Waals surface area contributed by atoms with E-state index >= 15 is 0 Å². The number of hydrogen-bond acceptors (Lipinski definition) is 4. The number of benzene rings is 1. The molecule has 1 aromatic carbocycles. The number of fused-ring (bicyclic) bond motifs is 1. The molecule has 0 aromatic heterocycles. The van der Waals surface area contributed by atoms with Gasteiger partial charge in [-0.1, -0.05) is 12.1 Å². The molecule has 68 valence electrons. The zero-order valence-corrected chi connectivity index (χ0v) is 6.97. The van der Waals surface area contributed by atoms with Crippen LogP contribution in [0.5, 0.6) is 5.75 Å². The van der Waals surface area contributed by atoms with E-state index in [1.54, 1.807) is 12.1 Å². The first-order valence-electron chi connectivity index (χ1n) is 4.09. The molecular formula is C8H10BNO3.